The largest absolute Gasteiger partial charge is 0.330 e. The van der Waals surface area contributed by atoms with E-state index in [0.717, 1.165) is 21.8 Å². The smallest absolute Gasteiger partial charge is 0.308 e. The molecule has 1 aromatic heterocycles. The molecule has 0 saturated heterocycles. The minimum absolute atomic E-state index is 0.259. The number of aromatic nitrogens is 2. The Morgan fingerprint density at radius 2 is 2.00 bits per heavy atom. The van der Waals surface area contributed by atoms with Crippen LogP contribution in [0.15, 0.2) is 15.7 Å². The number of hydrogen-bond acceptors (Lipinski definition) is 4. The minimum Gasteiger partial charge on any atom is -0.308 e. The van der Waals surface area contributed by atoms with Gasteiger partial charge >= 0.3 is 5.69 Å². The average Bonchev–Trinajstić information content (AvgIpc) is 2.36. The Hall–Kier alpha value is -1.01. The molecule has 1 N–H and O–H groups in total. The van der Waals surface area contributed by atoms with Crippen LogP contribution in [-0.4, -0.2) is 26.7 Å². The molecule has 0 aromatic carbocycles. The molecule has 6 heteroatoms. The van der Waals surface area contributed by atoms with Crippen molar-refractivity contribution in [3.8, 4) is 0 Å². The fourth-order valence-electron chi connectivity index (χ4n) is 1.58. The second-order valence-electron chi connectivity index (χ2n) is 4.32. The van der Waals surface area contributed by atoms with Crippen LogP contribution in [0.25, 0.3) is 0 Å². The third-order valence-electron chi connectivity index (χ3n) is 2.83. The zero-order valence-corrected chi connectivity index (χ0v) is 12.2. The molecule has 1 heterocycles. The normalized spacial score (nSPS) is 12.7. The molecule has 0 aliphatic heterocycles. The molecular weight excluding hydrogens is 250 g/mol. The summed E-state index contributed by atoms with van der Waals surface area (Å²) >= 11 is 1.87. The van der Waals surface area contributed by atoms with Crippen molar-refractivity contribution in [2.75, 3.05) is 11.5 Å². The van der Waals surface area contributed by atoms with E-state index in [2.05, 4.69) is 19.2 Å². The van der Waals surface area contributed by atoms with E-state index in [0.29, 0.717) is 12.6 Å². The van der Waals surface area contributed by atoms with Gasteiger partial charge in [-0.05, 0) is 12.7 Å². The van der Waals surface area contributed by atoms with Crippen molar-refractivity contribution in [3.05, 3.63) is 32.6 Å². The maximum absolute atomic E-state index is 11.7. The Morgan fingerprint density at radius 1 is 1.33 bits per heavy atom. The third kappa shape index (κ3) is 3.74. The van der Waals surface area contributed by atoms with Gasteiger partial charge in [-0.2, -0.15) is 11.8 Å². The monoisotopic (exact) mass is 271 g/mol. The molecule has 0 fully saturated rings. The van der Waals surface area contributed by atoms with Crippen molar-refractivity contribution < 1.29 is 0 Å². The Morgan fingerprint density at radius 3 is 2.61 bits per heavy atom. The summed E-state index contributed by atoms with van der Waals surface area (Å²) in [5.41, 5.74) is 0.178. The van der Waals surface area contributed by atoms with Gasteiger partial charge in [0.15, 0.2) is 0 Å². The predicted molar refractivity (Wildman–Crippen MR) is 76.2 cm³/mol. The van der Waals surface area contributed by atoms with E-state index < -0.39 is 0 Å². The maximum Gasteiger partial charge on any atom is 0.330 e. The second-order valence-corrected chi connectivity index (χ2v) is 5.63. The topological polar surface area (TPSA) is 56.0 Å². The van der Waals surface area contributed by atoms with E-state index in [1.165, 1.54) is 17.7 Å². The van der Waals surface area contributed by atoms with Gasteiger partial charge in [0.2, 0.25) is 0 Å². The summed E-state index contributed by atoms with van der Waals surface area (Å²) in [5.74, 6) is 2.12. The van der Waals surface area contributed by atoms with E-state index in [-0.39, 0.29) is 11.2 Å². The Balaban J connectivity index is 2.74. The van der Waals surface area contributed by atoms with Crippen LogP contribution in [0.3, 0.4) is 0 Å². The van der Waals surface area contributed by atoms with Gasteiger partial charge in [-0.25, -0.2) is 4.79 Å². The van der Waals surface area contributed by atoms with Crippen LogP contribution in [-0.2, 0) is 20.6 Å². The fraction of sp³-hybridized carbons (Fsp3) is 0.667. The fourth-order valence-corrected chi connectivity index (χ4v) is 2.29. The first-order valence-electron chi connectivity index (χ1n) is 6.04. The van der Waals surface area contributed by atoms with E-state index >= 15 is 0 Å². The number of nitrogens with one attached hydrogen (secondary N) is 1. The van der Waals surface area contributed by atoms with Gasteiger partial charge in [0.1, 0.15) is 0 Å². The quantitative estimate of drug-likeness (QED) is 0.809. The van der Waals surface area contributed by atoms with E-state index in [1.54, 1.807) is 7.05 Å². The van der Waals surface area contributed by atoms with Crippen LogP contribution in [0.2, 0.25) is 0 Å². The van der Waals surface area contributed by atoms with Crippen LogP contribution in [0, 0.1) is 0 Å². The standard InChI is InChI=1S/C12H21N3O2S/c1-5-18-8-9(2)13-7-10-6-11(16)15(4)12(17)14(10)3/h6,9,13H,5,7-8H2,1-4H3. The van der Waals surface area contributed by atoms with Crippen LogP contribution < -0.4 is 16.6 Å². The summed E-state index contributed by atoms with van der Waals surface area (Å²) in [6.45, 7) is 4.76. The van der Waals surface area contributed by atoms with Crippen molar-refractivity contribution in [3.63, 3.8) is 0 Å². The first-order valence-corrected chi connectivity index (χ1v) is 7.19. The molecule has 0 bridgehead atoms. The zero-order chi connectivity index (χ0) is 13.7. The highest BCUT2D eigenvalue weighted by molar-refractivity contribution is 7.99. The molecule has 1 rings (SSSR count). The summed E-state index contributed by atoms with van der Waals surface area (Å²) in [5, 5.41) is 3.32. The van der Waals surface area contributed by atoms with Crippen molar-refractivity contribution in [1.29, 1.82) is 0 Å². The van der Waals surface area contributed by atoms with E-state index in [9.17, 15) is 9.59 Å². The summed E-state index contributed by atoms with van der Waals surface area (Å²) < 4.78 is 2.62. The zero-order valence-electron chi connectivity index (χ0n) is 11.4. The highest BCUT2D eigenvalue weighted by Gasteiger charge is 2.07. The van der Waals surface area contributed by atoms with Gasteiger partial charge < -0.3 is 5.32 Å². The molecule has 102 valence electrons. The molecule has 0 aliphatic carbocycles. The molecule has 0 spiro atoms. The molecule has 18 heavy (non-hydrogen) atoms. The summed E-state index contributed by atoms with van der Waals surface area (Å²) in [6.07, 6.45) is 0. The number of nitrogens with zero attached hydrogens (tertiary/aromatic N) is 2. The first-order chi connectivity index (χ1) is 8.47. The third-order valence-corrected chi connectivity index (χ3v) is 3.97. The summed E-state index contributed by atoms with van der Waals surface area (Å²) in [6, 6.07) is 1.86. The molecule has 0 aliphatic rings. The number of rotatable bonds is 6. The minimum atomic E-state index is -0.283. The summed E-state index contributed by atoms with van der Waals surface area (Å²) in [4.78, 5) is 23.3. The molecule has 1 unspecified atom stereocenters. The van der Waals surface area contributed by atoms with E-state index in [1.807, 2.05) is 11.8 Å². The lowest BCUT2D eigenvalue weighted by molar-refractivity contribution is 0.555. The van der Waals surface area contributed by atoms with Crippen molar-refractivity contribution in [1.82, 2.24) is 14.5 Å². The lowest BCUT2D eigenvalue weighted by atomic mass is 10.3. The van der Waals surface area contributed by atoms with Crippen LogP contribution in [0.1, 0.15) is 19.5 Å². The van der Waals surface area contributed by atoms with Crippen LogP contribution in [0.4, 0.5) is 0 Å². The molecule has 0 radical (unpaired) electrons. The van der Waals surface area contributed by atoms with Crippen molar-refractivity contribution in [2.24, 2.45) is 14.1 Å². The number of hydrogen-bond donors (Lipinski definition) is 1. The second kappa shape index (κ2) is 6.80. The van der Waals surface area contributed by atoms with Gasteiger partial charge in [0.05, 0.1) is 0 Å². The van der Waals surface area contributed by atoms with Crippen molar-refractivity contribution >= 4 is 11.8 Å². The van der Waals surface area contributed by atoms with Gasteiger partial charge in [-0.1, -0.05) is 6.92 Å². The van der Waals surface area contributed by atoms with Gasteiger partial charge in [0.25, 0.3) is 5.56 Å². The van der Waals surface area contributed by atoms with Gasteiger partial charge in [0, 0.05) is 44.2 Å². The van der Waals surface area contributed by atoms with Gasteiger partial charge in [-0.3, -0.25) is 13.9 Å². The highest BCUT2D eigenvalue weighted by atomic mass is 32.2. The molecule has 1 atom stereocenters. The van der Waals surface area contributed by atoms with Crippen molar-refractivity contribution in [2.45, 2.75) is 26.4 Å². The maximum atomic E-state index is 11.7. The Kier molecular flexibility index (Phi) is 5.68. The van der Waals surface area contributed by atoms with Crippen LogP contribution in [0.5, 0.6) is 0 Å². The Bertz CT molecular complexity index is 507. The first kappa shape index (κ1) is 15.0. The lowest BCUT2D eigenvalue weighted by Crippen LogP contribution is -2.40. The molecule has 0 saturated carbocycles. The number of thioether (sulfide) groups is 1. The lowest BCUT2D eigenvalue weighted by Gasteiger charge is -2.15. The van der Waals surface area contributed by atoms with E-state index in [4.69, 9.17) is 0 Å². The summed E-state index contributed by atoms with van der Waals surface area (Å²) in [7, 11) is 3.17. The predicted octanol–water partition coefficient (Wildman–Crippen LogP) is 0.315. The SMILES string of the molecule is CCSCC(C)NCc1cc(=O)n(C)c(=O)n1C. The van der Waals surface area contributed by atoms with Crippen LogP contribution >= 0.6 is 11.8 Å². The average molecular weight is 271 g/mol. The Labute approximate surface area is 111 Å². The highest BCUT2D eigenvalue weighted by Crippen LogP contribution is 2.02. The molecule has 0 amide bonds. The molecular formula is C12H21N3O2S. The van der Waals surface area contributed by atoms with Gasteiger partial charge in [-0.15, -0.1) is 0 Å². The molecule has 1 aromatic rings. The molecule has 5 nitrogen and oxygen atoms in total.